The third kappa shape index (κ3) is 48.0. The fourth-order valence-electron chi connectivity index (χ4n) is 10.1. The third-order valence-corrected chi connectivity index (χ3v) is 15.3. The number of esters is 3. The van der Waals surface area contributed by atoms with Crippen LogP contribution in [0.15, 0.2) is 72.9 Å². The molecule has 1 heterocycles. The average Bonchev–Trinajstić information content (AvgIpc) is 3.57. The maximum atomic E-state index is 13.2. The SMILES string of the molecule is CC/C=C\C/C=C\C/C=C\C/C=C\CCCCC(=O)OC1C(OCC(COC(=O)CCCCCCCCCCC/C=C\C/C=C\CCCCC)OC(=O)CCCCCCCCCCCCCCCCCCCCC)OC(C(=O)O)C(O)C1O. The smallest absolute Gasteiger partial charge is 0.335 e. The van der Waals surface area contributed by atoms with Crippen molar-refractivity contribution in [2.45, 2.75) is 340 Å². The summed E-state index contributed by atoms with van der Waals surface area (Å²) in [6.45, 7) is 5.88. The van der Waals surface area contributed by atoms with Crippen LogP contribution in [0, 0.1) is 0 Å². The second kappa shape index (κ2) is 58.5. The van der Waals surface area contributed by atoms with E-state index in [1.165, 1.54) is 154 Å². The highest BCUT2D eigenvalue weighted by molar-refractivity contribution is 5.74. The highest BCUT2D eigenvalue weighted by atomic mass is 16.7. The number of carboxylic acids is 1. The predicted molar refractivity (Wildman–Crippen MR) is 340 cm³/mol. The van der Waals surface area contributed by atoms with Gasteiger partial charge < -0.3 is 39.0 Å². The fraction of sp³-hybridized carbons (Fsp3) is 0.775. The Balaban J connectivity index is 2.65. The largest absolute Gasteiger partial charge is 0.479 e. The van der Waals surface area contributed by atoms with Crippen molar-refractivity contribution in [1.82, 2.24) is 0 Å². The number of unbranched alkanes of at least 4 members (excludes halogenated alkanes) is 32. The zero-order chi connectivity index (χ0) is 60.3. The van der Waals surface area contributed by atoms with Gasteiger partial charge in [-0.2, -0.15) is 0 Å². The monoisotopic (exact) mass is 1170 g/mol. The summed E-state index contributed by atoms with van der Waals surface area (Å²) in [5.74, 6) is -3.16. The van der Waals surface area contributed by atoms with Crippen LogP contribution in [0.2, 0.25) is 0 Å². The van der Waals surface area contributed by atoms with Gasteiger partial charge in [-0.05, 0) is 89.9 Å². The number of allylic oxidation sites excluding steroid dienone is 12. The lowest BCUT2D eigenvalue weighted by Gasteiger charge is -2.40. The second-order valence-corrected chi connectivity index (χ2v) is 23.1. The standard InChI is InChI=1S/C71H122O12/c1-4-7-10-13-16-19-22-25-28-30-32-34-37-39-42-45-48-51-54-57-63(72)79-60-62(81-64(73)58-55-52-49-46-43-41-38-35-33-31-29-26-23-20-17-14-11-8-5-2)61-80-71-69(67(76)66(75)68(83-71)70(77)78)82-65(74)59-56-53-50-47-44-40-36-27-24-21-18-15-12-9-6-3/h9,12,16,18-19,21,25,27-28,36,44,47,62,66-69,71,75-76H,4-8,10-11,13-15,17,20,22-24,26,29-35,37-43,45-46,48-61H2,1-3H3,(H,77,78)/b12-9-,19-16-,21-18-,28-25-,36-27-,47-44-. The van der Waals surface area contributed by atoms with E-state index in [2.05, 4.69) is 93.7 Å². The van der Waals surface area contributed by atoms with Crippen LogP contribution in [-0.2, 0) is 42.9 Å². The molecule has 0 aliphatic carbocycles. The van der Waals surface area contributed by atoms with E-state index in [1.54, 1.807) is 0 Å². The van der Waals surface area contributed by atoms with Crippen molar-refractivity contribution in [3.8, 4) is 0 Å². The Morgan fingerprint density at radius 1 is 0.410 bits per heavy atom. The molecule has 1 aliphatic rings. The van der Waals surface area contributed by atoms with Crippen LogP contribution in [-0.4, -0.2) is 89.2 Å². The first kappa shape index (κ1) is 77.2. The van der Waals surface area contributed by atoms with Gasteiger partial charge in [-0.3, -0.25) is 14.4 Å². The Labute approximate surface area is 506 Å². The van der Waals surface area contributed by atoms with Crippen LogP contribution in [0.4, 0.5) is 0 Å². The normalized spacial score (nSPS) is 18.0. The van der Waals surface area contributed by atoms with Crippen molar-refractivity contribution in [2.24, 2.45) is 0 Å². The van der Waals surface area contributed by atoms with Crippen LogP contribution >= 0.6 is 0 Å². The van der Waals surface area contributed by atoms with Crippen molar-refractivity contribution in [3.05, 3.63) is 72.9 Å². The highest BCUT2D eigenvalue weighted by Gasteiger charge is 2.50. The topological polar surface area (TPSA) is 175 Å². The number of rotatable bonds is 58. The van der Waals surface area contributed by atoms with Gasteiger partial charge in [0.25, 0.3) is 0 Å². The van der Waals surface area contributed by atoms with E-state index >= 15 is 0 Å². The summed E-state index contributed by atoms with van der Waals surface area (Å²) in [5, 5.41) is 31.6. The summed E-state index contributed by atoms with van der Waals surface area (Å²) in [6.07, 6.45) is 62.9. The molecule has 0 spiro atoms. The number of hydrogen-bond acceptors (Lipinski definition) is 11. The number of carbonyl (C=O) groups is 4. The summed E-state index contributed by atoms with van der Waals surface area (Å²) in [7, 11) is 0. The van der Waals surface area contributed by atoms with E-state index in [9.17, 15) is 34.5 Å². The summed E-state index contributed by atoms with van der Waals surface area (Å²) in [5.41, 5.74) is 0. The zero-order valence-electron chi connectivity index (χ0n) is 52.9. The van der Waals surface area contributed by atoms with Crippen molar-refractivity contribution in [3.63, 3.8) is 0 Å². The Hall–Kier alpha value is -3.84. The van der Waals surface area contributed by atoms with Crippen LogP contribution in [0.3, 0.4) is 0 Å². The molecule has 0 saturated carbocycles. The summed E-state index contributed by atoms with van der Waals surface area (Å²) in [6, 6.07) is 0. The maximum absolute atomic E-state index is 13.2. The average molecular weight is 1170 g/mol. The number of carbonyl (C=O) groups excluding carboxylic acids is 3. The second-order valence-electron chi connectivity index (χ2n) is 23.1. The molecule has 1 aliphatic heterocycles. The van der Waals surface area contributed by atoms with Crippen LogP contribution in [0.1, 0.15) is 303 Å². The van der Waals surface area contributed by atoms with Crippen LogP contribution in [0.25, 0.3) is 0 Å². The van der Waals surface area contributed by atoms with Crippen molar-refractivity contribution in [2.75, 3.05) is 13.2 Å². The van der Waals surface area contributed by atoms with Crippen molar-refractivity contribution < 1.29 is 58.2 Å². The fourth-order valence-corrected chi connectivity index (χ4v) is 10.1. The quantitative estimate of drug-likeness (QED) is 0.0228. The molecule has 6 unspecified atom stereocenters. The minimum absolute atomic E-state index is 0.00776. The molecule has 0 radical (unpaired) electrons. The molecule has 83 heavy (non-hydrogen) atoms. The molecule has 6 atom stereocenters. The first-order chi connectivity index (χ1) is 40.6. The van der Waals surface area contributed by atoms with Crippen LogP contribution < -0.4 is 0 Å². The van der Waals surface area contributed by atoms with Gasteiger partial charge in [0.2, 0.25) is 0 Å². The predicted octanol–water partition coefficient (Wildman–Crippen LogP) is 18.5. The molecule has 0 aromatic carbocycles. The number of hydrogen-bond donors (Lipinski definition) is 3. The lowest BCUT2D eigenvalue weighted by atomic mass is 9.98. The minimum Gasteiger partial charge on any atom is -0.479 e. The van der Waals surface area contributed by atoms with Crippen molar-refractivity contribution >= 4 is 23.9 Å². The van der Waals surface area contributed by atoms with Gasteiger partial charge in [0, 0.05) is 19.3 Å². The Morgan fingerprint density at radius 2 is 0.759 bits per heavy atom. The van der Waals surface area contributed by atoms with E-state index in [4.69, 9.17) is 23.7 Å². The third-order valence-electron chi connectivity index (χ3n) is 15.3. The molecule has 12 nitrogen and oxygen atoms in total. The molecule has 3 N–H and O–H groups in total. The molecule has 1 rings (SSSR count). The van der Waals surface area contributed by atoms with Gasteiger partial charge in [0.05, 0.1) is 6.61 Å². The zero-order valence-corrected chi connectivity index (χ0v) is 52.9. The van der Waals surface area contributed by atoms with Gasteiger partial charge >= 0.3 is 23.9 Å². The molecular weight excluding hydrogens is 1040 g/mol. The molecule has 0 bridgehead atoms. The van der Waals surface area contributed by atoms with Gasteiger partial charge in [-0.1, -0.05) is 267 Å². The van der Waals surface area contributed by atoms with Crippen molar-refractivity contribution in [1.29, 1.82) is 0 Å². The Bertz CT molecular complexity index is 1720. The Morgan fingerprint density at radius 3 is 1.20 bits per heavy atom. The van der Waals surface area contributed by atoms with E-state index in [0.29, 0.717) is 25.7 Å². The van der Waals surface area contributed by atoms with Gasteiger partial charge in [0.15, 0.2) is 24.6 Å². The van der Waals surface area contributed by atoms with E-state index in [0.717, 1.165) is 83.5 Å². The lowest BCUT2D eigenvalue weighted by molar-refractivity contribution is -0.301. The maximum Gasteiger partial charge on any atom is 0.335 e. The number of aliphatic carboxylic acids is 1. The first-order valence-electron chi connectivity index (χ1n) is 33.9. The van der Waals surface area contributed by atoms with E-state index in [1.807, 2.05) is 0 Å². The molecular formula is C71H122O12. The number of carboxylic acid groups (broad SMARTS) is 1. The summed E-state index contributed by atoms with van der Waals surface area (Å²) < 4.78 is 28.5. The number of ether oxygens (including phenoxy) is 5. The highest BCUT2D eigenvalue weighted by Crippen LogP contribution is 2.27. The molecule has 0 aromatic heterocycles. The van der Waals surface area contributed by atoms with E-state index < -0.39 is 67.3 Å². The van der Waals surface area contributed by atoms with Gasteiger partial charge in [-0.15, -0.1) is 0 Å². The molecule has 0 aromatic rings. The summed E-state index contributed by atoms with van der Waals surface area (Å²) >= 11 is 0. The first-order valence-corrected chi connectivity index (χ1v) is 33.9. The number of aliphatic hydroxyl groups excluding tert-OH is 2. The minimum atomic E-state index is -1.92. The lowest BCUT2D eigenvalue weighted by Crippen LogP contribution is -2.61. The Kier molecular flexibility index (Phi) is 54.4. The molecule has 0 amide bonds. The van der Waals surface area contributed by atoms with E-state index in [-0.39, 0.29) is 25.9 Å². The molecule has 1 saturated heterocycles. The number of aliphatic hydroxyl groups is 2. The van der Waals surface area contributed by atoms with Crippen LogP contribution in [0.5, 0.6) is 0 Å². The van der Waals surface area contributed by atoms with Gasteiger partial charge in [-0.25, -0.2) is 4.79 Å². The molecule has 12 heteroatoms. The molecule has 478 valence electrons. The summed E-state index contributed by atoms with van der Waals surface area (Å²) in [4.78, 5) is 51.4. The van der Waals surface area contributed by atoms with Gasteiger partial charge in [0.1, 0.15) is 18.8 Å². The molecule has 1 fully saturated rings.